The molecule has 0 aliphatic carbocycles. The van der Waals surface area contributed by atoms with E-state index in [0.29, 0.717) is 13.2 Å². The van der Waals surface area contributed by atoms with Gasteiger partial charge in [0, 0.05) is 20.0 Å². The summed E-state index contributed by atoms with van der Waals surface area (Å²) in [5, 5.41) is 0.140. The second kappa shape index (κ2) is 9.56. The molecular formula is C18H21ClN2O4S. The summed E-state index contributed by atoms with van der Waals surface area (Å²) in [5.74, 6) is 0.560. The zero-order valence-electron chi connectivity index (χ0n) is 14.4. The number of nitrogens with one attached hydrogen (secondary N) is 1. The number of halogens is 1. The van der Waals surface area contributed by atoms with Crippen molar-refractivity contribution in [3.8, 4) is 5.75 Å². The maximum Gasteiger partial charge on any atom is 0.242 e. The van der Waals surface area contributed by atoms with Gasteiger partial charge in [0.15, 0.2) is 0 Å². The Morgan fingerprint density at radius 1 is 1.12 bits per heavy atom. The summed E-state index contributed by atoms with van der Waals surface area (Å²) >= 11 is 5.90. The van der Waals surface area contributed by atoms with Crippen molar-refractivity contribution in [2.75, 3.05) is 26.7 Å². The maximum absolute atomic E-state index is 12.2. The number of ether oxygens (including phenoxy) is 1. The number of hydrogen-bond donors (Lipinski definition) is 1. The first-order chi connectivity index (χ1) is 12.4. The van der Waals surface area contributed by atoms with Crippen LogP contribution in [0, 0.1) is 0 Å². The Morgan fingerprint density at radius 3 is 2.46 bits per heavy atom. The third-order valence-corrected chi connectivity index (χ3v) is 5.58. The molecule has 0 heterocycles. The van der Waals surface area contributed by atoms with Crippen molar-refractivity contribution in [2.45, 2.75) is 11.3 Å². The van der Waals surface area contributed by atoms with Gasteiger partial charge in [0.25, 0.3) is 0 Å². The average Bonchev–Trinajstić information content (AvgIpc) is 2.62. The summed E-state index contributed by atoms with van der Waals surface area (Å²) in [7, 11) is -2.09. The number of para-hydroxylation sites is 1. The predicted molar refractivity (Wildman–Crippen MR) is 101 cm³/mol. The first-order valence-corrected chi connectivity index (χ1v) is 9.92. The van der Waals surface area contributed by atoms with Crippen molar-refractivity contribution in [3.05, 3.63) is 59.6 Å². The molecule has 0 aromatic heterocycles. The molecular weight excluding hydrogens is 376 g/mol. The summed E-state index contributed by atoms with van der Waals surface area (Å²) in [6.07, 6.45) is 0.0471. The SMILES string of the molecule is CN(CCOc1ccccc1)C(=O)CCNS(=O)(=O)c1ccccc1Cl. The fraction of sp³-hybridized carbons (Fsp3) is 0.278. The second-order valence-corrected chi connectivity index (χ2v) is 7.70. The fourth-order valence-corrected chi connectivity index (χ4v) is 3.71. The van der Waals surface area contributed by atoms with Crippen LogP contribution in [0.5, 0.6) is 5.75 Å². The van der Waals surface area contributed by atoms with Crippen LogP contribution in [0.3, 0.4) is 0 Å². The van der Waals surface area contributed by atoms with Gasteiger partial charge in [0.1, 0.15) is 17.3 Å². The zero-order valence-corrected chi connectivity index (χ0v) is 16.0. The van der Waals surface area contributed by atoms with Gasteiger partial charge in [0.05, 0.1) is 11.6 Å². The van der Waals surface area contributed by atoms with Crippen LogP contribution in [0.25, 0.3) is 0 Å². The van der Waals surface area contributed by atoms with Gasteiger partial charge in [-0.1, -0.05) is 41.9 Å². The van der Waals surface area contributed by atoms with Crippen molar-refractivity contribution in [1.29, 1.82) is 0 Å². The molecule has 0 saturated carbocycles. The summed E-state index contributed by atoms with van der Waals surface area (Å²) in [5.41, 5.74) is 0. The van der Waals surface area contributed by atoms with Crippen LogP contribution in [0.15, 0.2) is 59.5 Å². The number of nitrogens with zero attached hydrogens (tertiary/aromatic N) is 1. The van der Waals surface area contributed by atoms with Crippen LogP contribution in [0.2, 0.25) is 5.02 Å². The molecule has 1 N–H and O–H groups in total. The Kier molecular flexibility index (Phi) is 7.44. The quantitative estimate of drug-likeness (QED) is 0.706. The van der Waals surface area contributed by atoms with Gasteiger partial charge in [-0.05, 0) is 24.3 Å². The van der Waals surface area contributed by atoms with Gasteiger partial charge in [-0.25, -0.2) is 13.1 Å². The lowest BCUT2D eigenvalue weighted by Crippen LogP contribution is -2.34. The molecule has 0 spiro atoms. The second-order valence-electron chi connectivity index (χ2n) is 5.56. The largest absolute Gasteiger partial charge is 0.492 e. The highest BCUT2D eigenvalue weighted by Gasteiger charge is 2.18. The number of amides is 1. The van der Waals surface area contributed by atoms with Gasteiger partial charge in [-0.15, -0.1) is 0 Å². The van der Waals surface area contributed by atoms with E-state index in [1.165, 1.54) is 17.0 Å². The van der Waals surface area contributed by atoms with E-state index in [2.05, 4.69) is 4.72 Å². The Bertz CT molecular complexity index is 828. The lowest BCUT2D eigenvalue weighted by Gasteiger charge is -2.17. The lowest BCUT2D eigenvalue weighted by molar-refractivity contribution is -0.130. The van der Waals surface area contributed by atoms with Crippen LogP contribution in [0.1, 0.15) is 6.42 Å². The molecule has 6 nitrogen and oxygen atoms in total. The Hall–Kier alpha value is -2.09. The summed E-state index contributed by atoms with van der Waals surface area (Å²) in [4.78, 5) is 13.6. The van der Waals surface area contributed by atoms with E-state index in [4.69, 9.17) is 16.3 Å². The monoisotopic (exact) mass is 396 g/mol. The Morgan fingerprint density at radius 2 is 1.77 bits per heavy atom. The standard InChI is InChI=1S/C18H21ClN2O4S/c1-21(13-14-25-15-7-3-2-4-8-15)18(22)11-12-20-26(23,24)17-10-6-5-9-16(17)19/h2-10,20H,11-14H2,1H3. The first kappa shape index (κ1) is 20.2. The highest BCUT2D eigenvalue weighted by molar-refractivity contribution is 7.89. The van der Waals surface area contributed by atoms with E-state index < -0.39 is 10.0 Å². The predicted octanol–water partition coefficient (Wildman–Crippen LogP) is 2.55. The molecule has 0 aliphatic heterocycles. The minimum atomic E-state index is -3.74. The molecule has 0 atom stereocenters. The number of sulfonamides is 1. The van der Waals surface area contributed by atoms with Crippen LogP contribution in [-0.4, -0.2) is 46.0 Å². The number of hydrogen-bond acceptors (Lipinski definition) is 4. The summed E-state index contributed by atoms with van der Waals surface area (Å²) in [6.45, 7) is 0.763. The van der Waals surface area contributed by atoms with Gasteiger partial charge in [-0.3, -0.25) is 4.79 Å². The molecule has 0 bridgehead atoms. The smallest absolute Gasteiger partial charge is 0.242 e. The molecule has 140 valence electrons. The molecule has 0 fully saturated rings. The van der Waals surface area contributed by atoms with Gasteiger partial charge >= 0.3 is 0 Å². The van der Waals surface area contributed by atoms with Crippen molar-refractivity contribution in [2.24, 2.45) is 0 Å². The van der Waals surface area contributed by atoms with Crippen molar-refractivity contribution in [1.82, 2.24) is 9.62 Å². The van der Waals surface area contributed by atoms with Gasteiger partial charge < -0.3 is 9.64 Å². The highest BCUT2D eigenvalue weighted by atomic mass is 35.5. The number of carbonyl (C=O) groups excluding carboxylic acids is 1. The van der Waals surface area contributed by atoms with E-state index in [1.54, 1.807) is 19.2 Å². The van der Waals surface area contributed by atoms with E-state index in [1.807, 2.05) is 30.3 Å². The normalized spacial score (nSPS) is 11.2. The van der Waals surface area contributed by atoms with Crippen LogP contribution in [-0.2, 0) is 14.8 Å². The molecule has 1 amide bonds. The van der Waals surface area contributed by atoms with E-state index >= 15 is 0 Å². The molecule has 0 radical (unpaired) electrons. The third-order valence-electron chi connectivity index (χ3n) is 3.62. The van der Waals surface area contributed by atoms with Crippen molar-refractivity contribution >= 4 is 27.5 Å². The highest BCUT2D eigenvalue weighted by Crippen LogP contribution is 2.19. The first-order valence-electron chi connectivity index (χ1n) is 8.06. The minimum Gasteiger partial charge on any atom is -0.492 e. The average molecular weight is 397 g/mol. The molecule has 26 heavy (non-hydrogen) atoms. The maximum atomic E-state index is 12.2. The number of rotatable bonds is 9. The van der Waals surface area contributed by atoms with Crippen LogP contribution in [0.4, 0.5) is 0 Å². The number of carbonyl (C=O) groups is 1. The van der Waals surface area contributed by atoms with Crippen LogP contribution < -0.4 is 9.46 Å². The minimum absolute atomic E-state index is 0.00117. The van der Waals surface area contributed by atoms with E-state index in [-0.39, 0.29) is 28.8 Å². The molecule has 8 heteroatoms. The zero-order chi connectivity index (χ0) is 19.0. The number of likely N-dealkylation sites (N-methyl/N-ethyl adjacent to an activating group) is 1. The van der Waals surface area contributed by atoms with Crippen LogP contribution >= 0.6 is 11.6 Å². The van der Waals surface area contributed by atoms with E-state index in [9.17, 15) is 13.2 Å². The molecule has 0 saturated heterocycles. The summed E-state index contributed by atoms with van der Waals surface area (Å²) in [6, 6.07) is 15.5. The molecule has 2 rings (SSSR count). The van der Waals surface area contributed by atoms with Crippen molar-refractivity contribution in [3.63, 3.8) is 0 Å². The molecule has 2 aromatic rings. The van der Waals surface area contributed by atoms with Gasteiger partial charge in [-0.2, -0.15) is 0 Å². The Balaban J connectivity index is 1.74. The third kappa shape index (κ3) is 6.01. The lowest BCUT2D eigenvalue weighted by atomic mass is 10.3. The molecule has 0 unspecified atom stereocenters. The summed E-state index contributed by atoms with van der Waals surface area (Å²) < 4.78 is 32.3. The van der Waals surface area contributed by atoms with Gasteiger partial charge in [0.2, 0.25) is 15.9 Å². The Labute approximate surface area is 158 Å². The fourth-order valence-electron chi connectivity index (χ4n) is 2.17. The number of benzene rings is 2. The molecule has 0 aliphatic rings. The molecule has 2 aromatic carbocycles. The van der Waals surface area contributed by atoms with Crippen molar-refractivity contribution < 1.29 is 17.9 Å². The van der Waals surface area contributed by atoms with E-state index in [0.717, 1.165) is 5.75 Å². The topological polar surface area (TPSA) is 75.7 Å².